The van der Waals surface area contributed by atoms with Crippen molar-refractivity contribution in [3.8, 4) is 0 Å². The van der Waals surface area contributed by atoms with Crippen LogP contribution in [0.3, 0.4) is 0 Å². The maximum absolute atomic E-state index is 13.3. The van der Waals surface area contributed by atoms with E-state index in [0.29, 0.717) is 12.8 Å². The molecule has 0 aliphatic carbocycles. The van der Waals surface area contributed by atoms with Crippen LogP contribution in [0, 0.1) is 0 Å². The Morgan fingerprint density at radius 2 is 1.13 bits per heavy atom. The number of unbranched alkanes of at least 4 members (excludes halogenated alkanes) is 8. The van der Waals surface area contributed by atoms with E-state index in [1.165, 1.54) is 14.0 Å². The lowest BCUT2D eigenvalue weighted by Gasteiger charge is -2.46. The zero-order valence-electron chi connectivity index (χ0n) is 28.3. The van der Waals surface area contributed by atoms with Crippen molar-refractivity contribution in [3.63, 3.8) is 0 Å². The fourth-order valence-corrected chi connectivity index (χ4v) is 5.79. The molecule has 5 N–H and O–H groups in total. The third-order valence-electron chi connectivity index (χ3n) is 8.78. The van der Waals surface area contributed by atoms with Crippen molar-refractivity contribution in [3.05, 3.63) is 0 Å². The van der Waals surface area contributed by atoms with Crippen LogP contribution in [0.2, 0.25) is 0 Å². The summed E-state index contributed by atoms with van der Waals surface area (Å²) in [6.45, 7) is 7.29. The fraction of sp³-hybridized carbons (Fsp3) is 0.939. The zero-order valence-corrected chi connectivity index (χ0v) is 28.3. The smallest absolute Gasteiger partial charge is 0.309 e. The highest BCUT2D eigenvalue weighted by Gasteiger charge is 2.50. The second-order valence-electron chi connectivity index (χ2n) is 12.7. The number of hydrogen-bond acceptors (Lipinski definition) is 13. The number of hydrogen-bond donors (Lipinski definition) is 5. The van der Waals surface area contributed by atoms with E-state index in [2.05, 4.69) is 13.8 Å². The molecule has 0 amide bonds. The maximum Gasteiger partial charge on any atom is 0.309 e. The molecule has 13 heteroatoms. The summed E-state index contributed by atoms with van der Waals surface area (Å²) in [5.74, 6) is -1.02. The predicted octanol–water partition coefficient (Wildman–Crippen LogP) is 2.64. The summed E-state index contributed by atoms with van der Waals surface area (Å²) in [4.78, 5) is 25.3. The first kappa shape index (κ1) is 40.8. The van der Waals surface area contributed by atoms with E-state index in [1.54, 1.807) is 6.92 Å². The summed E-state index contributed by atoms with van der Waals surface area (Å²) in [6.07, 6.45) is -4.13. The minimum Gasteiger partial charge on any atom is -0.469 e. The van der Waals surface area contributed by atoms with E-state index < -0.39 is 85.6 Å². The Morgan fingerprint density at radius 1 is 0.630 bits per heavy atom. The first-order valence-corrected chi connectivity index (χ1v) is 17.2. The molecular weight excluding hydrogens is 604 g/mol. The third-order valence-corrected chi connectivity index (χ3v) is 8.78. The van der Waals surface area contributed by atoms with Gasteiger partial charge in [0.25, 0.3) is 0 Å². The van der Waals surface area contributed by atoms with Crippen LogP contribution in [0.4, 0.5) is 0 Å². The molecule has 2 saturated heterocycles. The van der Waals surface area contributed by atoms with Gasteiger partial charge in [-0.25, -0.2) is 0 Å². The van der Waals surface area contributed by atoms with Crippen LogP contribution in [-0.2, 0) is 38.0 Å². The number of carbonyl (C=O) groups is 2. The van der Waals surface area contributed by atoms with Gasteiger partial charge in [0.05, 0.1) is 38.3 Å². The molecule has 0 spiro atoms. The minimum absolute atomic E-state index is 0.0511. The fourth-order valence-electron chi connectivity index (χ4n) is 5.79. The molecule has 2 rings (SSSR count). The molecule has 2 fully saturated rings. The number of rotatable bonds is 21. The molecule has 13 nitrogen and oxygen atoms in total. The van der Waals surface area contributed by atoms with Gasteiger partial charge in [-0.1, -0.05) is 71.6 Å². The normalized spacial score (nSPS) is 32.9. The maximum atomic E-state index is 13.3. The minimum atomic E-state index is -1.66. The number of carbonyl (C=O) groups excluding carboxylic acids is 2. The molecule has 0 aromatic rings. The summed E-state index contributed by atoms with van der Waals surface area (Å²) in [6, 6.07) is 0. The summed E-state index contributed by atoms with van der Waals surface area (Å²) >= 11 is 0. The number of esters is 2. The lowest BCUT2D eigenvalue weighted by molar-refractivity contribution is -0.366. The second kappa shape index (κ2) is 21.5. The second-order valence-corrected chi connectivity index (χ2v) is 12.7. The van der Waals surface area contributed by atoms with E-state index >= 15 is 0 Å². The van der Waals surface area contributed by atoms with Crippen LogP contribution >= 0.6 is 0 Å². The quantitative estimate of drug-likeness (QED) is 0.0890. The van der Waals surface area contributed by atoms with Crippen LogP contribution in [0.25, 0.3) is 0 Å². The molecule has 0 aromatic heterocycles. The van der Waals surface area contributed by atoms with E-state index in [4.69, 9.17) is 28.4 Å². The van der Waals surface area contributed by atoms with Gasteiger partial charge in [0.1, 0.15) is 42.7 Å². The molecule has 2 unspecified atom stereocenters. The van der Waals surface area contributed by atoms with Crippen molar-refractivity contribution in [2.45, 2.75) is 191 Å². The monoisotopic (exact) mass is 664 g/mol. The van der Waals surface area contributed by atoms with Crippen molar-refractivity contribution in [1.29, 1.82) is 0 Å². The lowest BCUT2D eigenvalue weighted by atomic mass is 9.97. The highest BCUT2D eigenvalue weighted by molar-refractivity contribution is 5.72. The average Bonchev–Trinajstić information content (AvgIpc) is 3.02. The van der Waals surface area contributed by atoms with Crippen molar-refractivity contribution in [1.82, 2.24) is 0 Å². The molecule has 0 bridgehead atoms. The topological polar surface area (TPSA) is 191 Å². The first-order chi connectivity index (χ1) is 21.9. The average molecular weight is 665 g/mol. The van der Waals surface area contributed by atoms with Crippen LogP contribution in [-0.4, -0.2) is 118 Å². The standard InChI is InChI=1S/C33H60O13/c1-6-8-10-12-14-16-22(18-24(34)41-5)44-25(35)19-23(17-15-13-11-9-7-2)45-33-31(29(39)27(37)21(4)43-33)46-32-30(40)28(38)26(36)20(3)42-32/h20-23,26-33,36-40H,6-19H2,1-5H3/t20-,21-,22?,23?,26-,27-,28+,29+,30+,31+,32-,33+/m0/s1. The molecule has 12 atom stereocenters. The number of ether oxygens (including phenoxy) is 6. The van der Waals surface area contributed by atoms with Crippen molar-refractivity contribution in [2.75, 3.05) is 7.11 Å². The molecule has 2 aliphatic heterocycles. The zero-order chi connectivity index (χ0) is 34.2. The SMILES string of the molecule is CCCCCCCC(CC(=O)OC)OC(=O)CC(CCCCCCC)O[C@H]1O[C@@H](C)[C@H](O)[C@@H](O)[C@H]1O[C@@H]1O[C@@H](C)[C@H](O)[C@@H](O)[C@H]1O. The molecule has 46 heavy (non-hydrogen) atoms. The van der Waals surface area contributed by atoms with E-state index in [0.717, 1.165) is 64.2 Å². The summed E-state index contributed by atoms with van der Waals surface area (Å²) in [5.41, 5.74) is 0. The largest absolute Gasteiger partial charge is 0.469 e. The number of aliphatic hydroxyl groups excluding tert-OH is 5. The van der Waals surface area contributed by atoms with Gasteiger partial charge in [-0.2, -0.15) is 0 Å². The van der Waals surface area contributed by atoms with Gasteiger partial charge in [-0.3, -0.25) is 9.59 Å². The Morgan fingerprint density at radius 3 is 1.70 bits per heavy atom. The Kier molecular flexibility index (Phi) is 19.1. The van der Waals surface area contributed by atoms with Crippen LogP contribution in [0.15, 0.2) is 0 Å². The third kappa shape index (κ3) is 13.2. The molecule has 2 aliphatic rings. The van der Waals surface area contributed by atoms with Gasteiger partial charge < -0.3 is 54.0 Å². The van der Waals surface area contributed by atoms with Gasteiger partial charge >= 0.3 is 11.9 Å². The van der Waals surface area contributed by atoms with Crippen LogP contribution < -0.4 is 0 Å². The number of aliphatic hydroxyl groups is 5. The Hall–Kier alpha value is -1.42. The predicted molar refractivity (Wildman–Crippen MR) is 166 cm³/mol. The Bertz CT molecular complexity index is 859. The Balaban J connectivity index is 2.18. The molecular formula is C33H60O13. The van der Waals surface area contributed by atoms with Crippen LogP contribution in [0.1, 0.15) is 118 Å². The van der Waals surface area contributed by atoms with Gasteiger partial charge in [0, 0.05) is 0 Å². The van der Waals surface area contributed by atoms with Gasteiger partial charge in [-0.15, -0.1) is 0 Å². The molecule has 270 valence electrons. The summed E-state index contributed by atoms with van der Waals surface area (Å²) in [5, 5.41) is 52.4. The van der Waals surface area contributed by atoms with Gasteiger partial charge in [0.2, 0.25) is 0 Å². The lowest BCUT2D eigenvalue weighted by Crippen LogP contribution is -2.63. The van der Waals surface area contributed by atoms with E-state index in [9.17, 15) is 35.1 Å². The van der Waals surface area contributed by atoms with Crippen molar-refractivity contribution >= 4 is 11.9 Å². The molecule has 0 radical (unpaired) electrons. The Labute approximate surface area is 273 Å². The van der Waals surface area contributed by atoms with Gasteiger partial charge in [0.15, 0.2) is 12.6 Å². The van der Waals surface area contributed by atoms with Crippen LogP contribution in [0.5, 0.6) is 0 Å². The first-order valence-electron chi connectivity index (χ1n) is 17.2. The van der Waals surface area contributed by atoms with E-state index in [1.807, 2.05) is 0 Å². The molecule has 2 heterocycles. The van der Waals surface area contributed by atoms with E-state index in [-0.39, 0.29) is 12.8 Å². The highest BCUT2D eigenvalue weighted by Crippen LogP contribution is 2.31. The molecule has 0 saturated carbocycles. The van der Waals surface area contributed by atoms with Crippen molar-refractivity contribution in [2.24, 2.45) is 0 Å². The summed E-state index contributed by atoms with van der Waals surface area (Å²) in [7, 11) is 1.29. The highest BCUT2D eigenvalue weighted by atomic mass is 16.8. The summed E-state index contributed by atoms with van der Waals surface area (Å²) < 4.78 is 34.2. The number of methoxy groups -OCH3 is 1. The molecule has 0 aromatic carbocycles. The van der Waals surface area contributed by atoms with Gasteiger partial charge in [-0.05, 0) is 33.1 Å². The van der Waals surface area contributed by atoms with Crippen molar-refractivity contribution < 1.29 is 63.5 Å².